The molecule has 2 aromatic carbocycles. The zero-order valence-corrected chi connectivity index (χ0v) is 34.1. The first kappa shape index (κ1) is 42.4. The summed E-state index contributed by atoms with van der Waals surface area (Å²) in [4.78, 5) is 18.8. The van der Waals surface area contributed by atoms with Gasteiger partial charge >= 0.3 is 0 Å². The normalized spacial score (nSPS) is 17.0. The van der Waals surface area contributed by atoms with Crippen LogP contribution < -0.4 is 10.0 Å². The number of carbonyl (C=O) groups is 1. The van der Waals surface area contributed by atoms with Crippen LogP contribution in [0.4, 0.5) is 23.4 Å². The molecule has 16 heteroatoms. The van der Waals surface area contributed by atoms with Crippen LogP contribution in [-0.4, -0.2) is 51.6 Å². The highest BCUT2D eigenvalue weighted by atomic mass is 35.5. The van der Waals surface area contributed by atoms with Crippen molar-refractivity contribution < 1.29 is 31.7 Å². The monoisotopic (exact) mass is 813 g/mol. The Hall–Kier alpha value is -4.78. The molecule has 0 fully saturated rings. The molecule has 1 aliphatic rings. The van der Waals surface area contributed by atoms with Crippen molar-refractivity contribution in [2.75, 3.05) is 11.0 Å². The number of aliphatic hydroxyl groups is 1. The summed E-state index contributed by atoms with van der Waals surface area (Å²) in [7, 11) is 0.169. The first-order chi connectivity index (χ1) is 26.2. The van der Waals surface area contributed by atoms with Crippen molar-refractivity contribution in [3.63, 3.8) is 0 Å². The van der Waals surface area contributed by atoms with Gasteiger partial charge in [-0.3, -0.25) is 18.9 Å². The van der Waals surface area contributed by atoms with Crippen LogP contribution in [-0.2, 0) is 41.7 Å². The minimum Gasteiger partial charge on any atom is -0.378 e. The molecule has 1 aliphatic carbocycles. The molecular formula is C40H44ClF4N7O3S. The first-order valence-corrected chi connectivity index (χ1v) is 19.9. The average Bonchev–Trinajstić information content (AvgIpc) is 3.67. The van der Waals surface area contributed by atoms with Crippen molar-refractivity contribution in [3.05, 3.63) is 93.0 Å². The van der Waals surface area contributed by atoms with Gasteiger partial charge in [0, 0.05) is 42.0 Å². The Bertz CT molecular complexity index is 2380. The Morgan fingerprint density at radius 3 is 2.36 bits per heavy atom. The molecular weight excluding hydrogens is 770 g/mol. The van der Waals surface area contributed by atoms with Crippen LogP contribution >= 0.6 is 11.6 Å². The lowest BCUT2D eigenvalue weighted by molar-refractivity contribution is -0.123. The van der Waals surface area contributed by atoms with Gasteiger partial charge in [-0.2, -0.15) is 19.0 Å². The fraction of sp³-hybridized carbons (Fsp3) is 0.400. The number of hydrogen-bond donors (Lipinski definition) is 3. The number of fused-ring (bicyclic) bond motifs is 2. The van der Waals surface area contributed by atoms with E-state index in [0.717, 1.165) is 22.9 Å². The number of benzene rings is 2. The Morgan fingerprint density at radius 2 is 1.73 bits per heavy atom. The van der Waals surface area contributed by atoms with Crippen LogP contribution in [0.25, 0.3) is 22.0 Å². The molecule has 10 nitrogen and oxygen atoms in total. The molecule has 1 unspecified atom stereocenters. The number of nitrogens with zero attached hydrogens (tertiary/aromatic N) is 5. The van der Waals surface area contributed by atoms with Crippen molar-refractivity contribution in [1.29, 1.82) is 0 Å². The summed E-state index contributed by atoms with van der Waals surface area (Å²) >= 11 is 6.65. The van der Waals surface area contributed by atoms with E-state index in [1.807, 2.05) is 13.8 Å². The minimum absolute atomic E-state index is 0.169. The van der Waals surface area contributed by atoms with Gasteiger partial charge in [0.05, 0.1) is 33.4 Å². The Kier molecular flexibility index (Phi) is 12.4. The summed E-state index contributed by atoms with van der Waals surface area (Å²) in [6.07, 6.45) is 1.25. The standard InChI is InChI=1S/C38H38ClF4N7O3S.C2H6/c1-19-20(2)38(42,43)35-31(19)21(3)46-50(35)18-30(51)45-29(16-22-14-23(40)17-24(41)15-22)33-26(9-8-25(44-33)12-13-37(4,5)52)27-10-11-28(39)32-34(27)49(6)47-36(32)48-54(7)53;1-2/h8-11,14-15,17,19-20,29,52H,16,18H2,1-7H3,(H,45,51)(H,47,48);1-2H3/t19-,20-,29-,54?;/m0./s1. The molecule has 3 heterocycles. The number of pyridine rings is 1. The van der Waals surface area contributed by atoms with Crippen molar-refractivity contribution in [2.45, 2.75) is 84.9 Å². The number of aryl methyl sites for hydroxylation is 2. The predicted octanol–water partition coefficient (Wildman–Crippen LogP) is 7.87. The molecule has 3 N–H and O–H groups in total. The van der Waals surface area contributed by atoms with Crippen molar-refractivity contribution in [2.24, 2.45) is 13.0 Å². The van der Waals surface area contributed by atoms with Crippen LogP contribution in [0.5, 0.6) is 0 Å². The van der Waals surface area contributed by atoms with E-state index in [2.05, 4.69) is 32.1 Å². The molecule has 298 valence electrons. The second kappa shape index (κ2) is 16.4. The van der Waals surface area contributed by atoms with Gasteiger partial charge in [0.1, 0.15) is 46.2 Å². The van der Waals surface area contributed by atoms with Gasteiger partial charge in [0.2, 0.25) is 5.91 Å². The molecule has 5 aromatic rings. The Labute approximate surface area is 330 Å². The molecule has 1 amide bonds. The number of amides is 1. The van der Waals surface area contributed by atoms with E-state index >= 15 is 8.78 Å². The molecule has 56 heavy (non-hydrogen) atoms. The smallest absolute Gasteiger partial charge is 0.292 e. The van der Waals surface area contributed by atoms with Crippen LogP contribution in [0.1, 0.15) is 87.4 Å². The summed E-state index contributed by atoms with van der Waals surface area (Å²) in [6, 6.07) is 8.47. The van der Waals surface area contributed by atoms with Crippen molar-refractivity contribution >= 4 is 45.2 Å². The fourth-order valence-electron chi connectivity index (χ4n) is 7.00. The molecule has 0 saturated heterocycles. The summed E-state index contributed by atoms with van der Waals surface area (Å²) in [5.41, 5.74) is 1.12. The molecule has 0 spiro atoms. The van der Waals surface area contributed by atoms with E-state index in [4.69, 9.17) is 16.6 Å². The molecule has 3 aromatic heterocycles. The molecule has 0 bridgehead atoms. The van der Waals surface area contributed by atoms with Gasteiger partial charge in [-0.05, 0) is 74.9 Å². The Morgan fingerprint density at radius 1 is 1.09 bits per heavy atom. The van der Waals surface area contributed by atoms with Gasteiger partial charge in [-0.25, -0.2) is 18.0 Å². The van der Waals surface area contributed by atoms with E-state index in [1.165, 1.54) is 31.7 Å². The number of nitrogens with one attached hydrogen (secondary N) is 2. The fourth-order valence-corrected chi connectivity index (χ4v) is 7.66. The molecule has 0 saturated carbocycles. The second-order valence-corrected chi connectivity index (χ2v) is 15.6. The number of hydrogen-bond acceptors (Lipinski definition) is 6. The van der Waals surface area contributed by atoms with Gasteiger partial charge in [-0.15, -0.1) is 0 Å². The number of carbonyl (C=O) groups excluding carboxylic acids is 1. The van der Waals surface area contributed by atoms with E-state index in [9.17, 15) is 22.9 Å². The SMILES string of the molecule is CC.Cc1nn(CC(=O)N[C@@H](Cc2cc(F)cc(F)c2)c2nc(C#CC(C)(C)O)ccc2-c2ccc(Cl)c3c(NS(C)=O)nn(C)c23)c2c1[C@@H](C)[C@H](C)C2(F)F. The Balaban J connectivity index is 0.00000295. The van der Waals surface area contributed by atoms with E-state index in [1.54, 1.807) is 45.2 Å². The highest BCUT2D eigenvalue weighted by Gasteiger charge is 2.54. The largest absolute Gasteiger partial charge is 0.378 e. The highest BCUT2D eigenvalue weighted by Crippen LogP contribution is 2.53. The number of aromatic nitrogens is 5. The lowest BCUT2D eigenvalue weighted by atomic mass is 9.93. The van der Waals surface area contributed by atoms with Crippen molar-refractivity contribution in [1.82, 2.24) is 29.9 Å². The molecule has 0 radical (unpaired) electrons. The van der Waals surface area contributed by atoms with E-state index < -0.39 is 64.5 Å². The maximum atomic E-state index is 15.6. The molecule has 0 aliphatic heterocycles. The van der Waals surface area contributed by atoms with Gasteiger partial charge in [0.15, 0.2) is 5.82 Å². The maximum Gasteiger partial charge on any atom is 0.292 e. The predicted molar refractivity (Wildman–Crippen MR) is 211 cm³/mol. The van der Waals surface area contributed by atoms with Crippen LogP contribution in [0.3, 0.4) is 0 Å². The average molecular weight is 814 g/mol. The summed E-state index contributed by atoms with van der Waals surface area (Å²) in [6.45, 7) is 11.2. The van der Waals surface area contributed by atoms with Gasteiger partial charge < -0.3 is 10.4 Å². The third-order valence-electron chi connectivity index (χ3n) is 9.48. The topological polar surface area (TPSA) is 127 Å². The zero-order chi connectivity index (χ0) is 41.4. The third kappa shape index (κ3) is 8.62. The summed E-state index contributed by atoms with van der Waals surface area (Å²) in [5.74, 6) is -1.33. The van der Waals surface area contributed by atoms with Gasteiger partial charge in [0.25, 0.3) is 5.92 Å². The maximum absolute atomic E-state index is 15.6. The molecule has 4 atom stereocenters. The lowest BCUT2D eigenvalue weighted by Gasteiger charge is -2.23. The van der Waals surface area contributed by atoms with Crippen LogP contribution in [0, 0.1) is 36.3 Å². The quantitative estimate of drug-likeness (QED) is 0.103. The molecule has 6 rings (SSSR count). The third-order valence-corrected chi connectivity index (χ3v) is 10.3. The summed E-state index contributed by atoms with van der Waals surface area (Å²) < 4.78 is 77.7. The van der Waals surface area contributed by atoms with E-state index in [-0.39, 0.29) is 34.9 Å². The van der Waals surface area contributed by atoms with E-state index in [0.29, 0.717) is 38.3 Å². The summed E-state index contributed by atoms with van der Waals surface area (Å²) in [5, 5.41) is 22.8. The number of anilines is 1. The number of alkyl halides is 2. The first-order valence-electron chi connectivity index (χ1n) is 18.0. The highest BCUT2D eigenvalue weighted by molar-refractivity contribution is 7.85. The number of halogens is 5. The number of rotatable bonds is 9. The second-order valence-electron chi connectivity index (χ2n) is 14.1. The zero-order valence-electron chi connectivity index (χ0n) is 32.5. The van der Waals surface area contributed by atoms with Crippen molar-refractivity contribution in [3.8, 4) is 23.0 Å². The van der Waals surface area contributed by atoms with Crippen LogP contribution in [0.15, 0.2) is 42.5 Å². The van der Waals surface area contributed by atoms with Crippen LogP contribution in [0.2, 0.25) is 5.02 Å². The van der Waals surface area contributed by atoms with Gasteiger partial charge in [-0.1, -0.05) is 51.3 Å². The minimum atomic E-state index is -3.24. The lowest BCUT2D eigenvalue weighted by Crippen LogP contribution is -2.35.